The molecular formula is C24H16ClNO5. The largest absolute Gasteiger partial charge is 0.486 e. The van der Waals surface area contributed by atoms with Crippen molar-refractivity contribution in [1.82, 2.24) is 0 Å². The van der Waals surface area contributed by atoms with Gasteiger partial charge < -0.3 is 19.2 Å². The number of hydrogen-bond acceptors (Lipinski definition) is 5. The molecule has 0 unspecified atom stereocenters. The van der Waals surface area contributed by atoms with Crippen molar-refractivity contribution in [3.05, 3.63) is 88.6 Å². The summed E-state index contributed by atoms with van der Waals surface area (Å²) in [5.41, 5.74) is 1.43. The van der Waals surface area contributed by atoms with Crippen LogP contribution in [0.25, 0.3) is 11.0 Å². The maximum absolute atomic E-state index is 13.3. The summed E-state index contributed by atoms with van der Waals surface area (Å²) in [4.78, 5) is 26.2. The van der Waals surface area contributed by atoms with Crippen LogP contribution in [0.1, 0.15) is 26.5 Å². The van der Waals surface area contributed by atoms with E-state index in [9.17, 15) is 9.59 Å². The Balaban J connectivity index is 1.57. The summed E-state index contributed by atoms with van der Waals surface area (Å²) in [5.74, 6) is 0.281. The Morgan fingerprint density at radius 3 is 2.45 bits per heavy atom. The number of para-hydroxylation sites is 1. The fraction of sp³-hybridized carbons (Fsp3) is 0.0833. The molecule has 5 rings (SSSR count). The van der Waals surface area contributed by atoms with E-state index in [0.29, 0.717) is 57.5 Å². The minimum atomic E-state index is -0.437. The van der Waals surface area contributed by atoms with E-state index in [1.54, 1.807) is 66.7 Å². The summed E-state index contributed by atoms with van der Waals surface area (Å²) in [6.45, 7) is 0.872. The minimum absolute atomic E-state index is 0.0262. The van der Waals surface area contributed by atoms with E-state index < -0.39 is 5.91 Å². The molecule has 154 valence electrons. The van der Waals surface area contributed by atoms with E-state index in [0.717, 1.165) is 0 Å². The second-order valence-corrected chi connectivity index (χ2v) is 7.33. The lowest BCUT2D eigenvalue weighted by Gasteiger charge is -2.18. The highest BCUT2D eigenvalue weighted by atomic mass is 35.5. The zero-order valence-corrected chi connectivity index (χ0v) is 16.9. The summed E-state index contributed by atoms with van der Waals surface area (Å²) >= 11 is 6.17. The Bertz CT molecular complexity index is 1330. The molecule has 1 N–H and O–H groups in total. The molecule has 0 bridgehead atoms. The lowest BCUT2D eigenvalue weighted by atomic mass is 10.1. The molecule has 0 spiro atoms. The van der Waals surface area contributed by atoms with Crippen molar-refractivity contribution in [2.75, 3.05) is 18.5 Å². The van der Waals surface area contributed by atoms with Gasteiger partial charge in [0.05, 0.1) is 16.3 Å². The van der Waals surface area contributed by atoms with Crippen LogP contribution >= 0.6 is 11.6 Å². The number of carbonyl (C=O) groups is 2. The third-order valence-corrected chi connectivity index (χ3v) is 5.29. The number of anilines is 1. The van der Waals surface area contributed by atoms with E-state index in [1.165, 1.54) is 0 Å². The van der Waals surface area contributed by atoms with Gasteiger partial charge in [-0.25, -0.2) is 0 Å². The maximum atomic E-state index is 13.3. The topological polar surface area (TPSA) is 77.8 Å². The quantitative estimate of drug-likeness (QED) is 0.439. The fourth-order valence-corrected chi connectivity index (χ4v) is 3.69. The summed E-state index contributed by atoms with van der Waals surface area (Å²) < 4.78 is 17.0. The number of ketones is 1. The number of nitrogens with one attached hydrogen (secondary N) is 1. The number of fused-ring (bicyclic) bond motifs is 2. The van der Waals surface area contributed by atoms with E-state index in [4.69, 9.17) is 25.5 Å². The smallest absolute Gasteiger partial charge is 0.257 e. The average Bonchev–Trinajstić information content (AvgIpc) is 3.17. The number of furan rings is 1. The highest BCUT2D eigenvalue weighted by Crippen LogP contribution is 2.36. The van der Waals surface area contributed by atoms with Gasteiger partial charge in [0.25, 0.3) is 5.91 Å². The number of amides is 1. The molecule has 1 aliphatic heterocycles. The monoisotopic (exact) mass is 433 g/mol. The molecule has 0 fully saturated rings. The number of carbonyl (C=O) groups excluding carboxylic acids is 2. The maximum Gasteiger partial charge on any atom is 0.257 e. The lowest BCUT2D eigenvalue weighted by molar-refractivity contribution is 0.101. The zero-order chi connectivity index (χ0) is 21.4. The van der Waals surface area contributed by atoms with Gasteiger partial charge in [0, 0.05) is 10.9 Å². The predicted octanol–water partition coefficient (Wildman–Crippen LogP) is 5.34. The SMILES string of the molecule is O=C(Nc1c(C(=O)c2ccc3c(c2)OCCO3)oc2ccccc12)c1ccccc1Cl. The molecule has 1 aliphatic rings. The van der Waals surface area contributed by atoms with Crippen LogP contribution in [0, 0.1) is 0 Å². The lowest BCUT2D eigenvalue weighted by Crippen LogP contribution is -2.16. The number of halogens is 1. The highest BCUT2D eigenvalue weighted by Gasteiger charge is 2.25. The van der Waals surface area contributed by atoms with Crippen molar-refractivity contribution in [2.45, 2.75) is 0 Å². The first kappa shape index (κ1) is 19.2. The van der Waals surface area contributed by atoms with Gasteiger partial charge in [-0.1, -0.05) is 35.9 Å². The standard InChI is InChI=1S/C24H16ClNO5/c25-17-7-3-1-5-15(17)24(28)26-21-16-6-2-4-8-18(16)31-23(21)22(27)14-9-10-19-20(13-14)30-12-11-29-19/h1-10,13H,11-12H2,(H,26,28). The van der Waals surface area contributed by atoms with E-state index in [1.807, 2.05) is 0 Å². The Morgan fingerprint density at radius 2 is 1.61 bits per heavy atom. The van der Waals surface area contributed by atoms with Gasteiger partial charge in [-0.2, -0.15) is 0 Å². The molecule has 2 heterocycles. The fourth-order valence-electron chi connectivity index (χ4n) is 3.47. The van der Waals surface area contributed by atoms with Crippen molar-refractivity contribution in [3.63, 3.8) is 0 Å². The molecule has 31 heavy (non-hydrogen) atoms. The Morgan fingerprint density at radius 1 is 0.871 bits per heavy atom. The average molecular weight is 434 g/mol. The molecule has 3 aromatic carbocycles. The van der Waals surface area contributed by atoms with Gasteiger partial charge in [0.15, 0.2) is 17.3 Å². The van der Waals surface area contributed by atoms with E-state index in [-0.39, 0.29) is 11.5 Å². The first-order chi connectivity index (χ1) is 15.1. The molecule has 7 heteroatoms. The molecule has 1 aromatic heterocycles. The first-order valence-corrected chi connectivity index (χ1v) is 10.0. The summed E-state index contributed by atoms with van der Waals surface area (Å²) in [7, 11) is 0. The molecule has 0 saturated carbocycles. The van der Waals surface area contributed by atoms with Crippen LogP contribution in [0.15, 0.2) is 71.1 Å². The van der Waals surface area contributed by atoms with Gasteiger partial charge >= 0.3 is 0 Å². The minimum Gasteiger partial charge on any atom is -0.486 e. The van der Waals surface area contributed by atoms with E-state index >= 15 is 0 Å². The molecule has 0 atom stereocenters. The number of benzene rings is 3. The Labute approximate surface area is 182 Å². The van der Waals surface area contributed by atoms with Crippen molar-refractivity contribution in [3.8, 4) is 11.5 Å². The third-order valence-electron chi connectivity index (χ3n) is 4.96. The van der Waals surface area contributed by atoms with Gasteiger partial charge in [-0.3, -0.25) is 9.59 Å². The molecule has 6 nitrogen and oxygen atoms in total. The summed E-state index contributed by atoms with van der Waals surface area (Å²) in [6, 6.07) is 18.8. The van der Waals surface area contributed by atoms with Crippen LogP contribution in [-0.2, 0) is 0 Å². The first-order valence-electron chi connectivity index (χ1n) is 9.63. The summed E-state index contributed by atoms with van der Waals surface area (Å²) in [6.07, 6.45) is 0. The van der Waals surface area contributed by atoms with Crippen molar-refractivity contribution >= 4 is 39.9 Å². The molecule has 0 radical (unpaired) electrons. The van der Waals surface area contributed by atoms with Crippen LogP contribution in [0.3, 0.4) is 0 Å². The molecule has 4 aromatic rings. The van der Waals surface area contributed by atoms with Crippen LogP contribution < -0.4 is 14.8 Å². The number of hydrogen-bond donors (Lipinski definition) is 1. The number of rotatable bonds is 4. The van der Waals surface area contributed by atoms with Gasteiger partial charge in [0.1, 0.15) is 18.8 Å². The predicted molar refractivity (Wildman–Crippen MR) is 116 cm³/mol. The van der Waals surface area contributed by atoms with Crippen molar-refractivity contribution < 1.29 is 23.5 Å². The Kier molecular flexibility index (Phi) is 4.84. The van der Waals surface area contributed by atoms with Gasteiger partial charge in [0.2, 0.25) is 5.78 Å². The van der Waals surface area contributed by atoms with Crippen LogP contribution in [0.2, 0.25) is 5.02 Å². The van der Waals surface area contributed by atoms with Crippen molar-refractivity contribution in [1.29, 1.82) is 0 Å². The zero-order valence-electron chi connectivity index (χ0n) is 16.2. The molecule has 0 aliphatic carbocycles. The van der Waals surface area contributed by atoms with Crippen LogP contribution in [0.4, 0.5) is 5.69 Å². The van der Waals surface area contributed by atoms with Gasteiger partial charge in [-0.15, -0.1) is 0 Å². The molecule has 1 amide bonds. The number of ether oxygens (including phenoxy) is 2. The van der Waals surface area contributed by atoms with Gasteiger partial charge in [-0.05, 0) is 42.5 Å². The second kappa shape index (κ2) is 7.81. The van der Waals surface area contributed by atoms with Crippen LogP contribution in [-0.4, -0.2) is 24.9 Å². The molecule has 0 saturated heterocycles. The highest BCUT2D eigenvalue weighted by molar-refractivity contribution is 6.34. The van der Waals surface area contributed by atoms with Crippen LogP contribution in [0.5, 0.6) is 11.5 Å². The summed E-state index contributed by atoms with van der Waals surface area (Å²) in [5, 5.41) is 3.74. The van der Waals surface area contributed by atoms with E-state index in [2.05, 4.69) is 5.32 Å². The van der Waals surface area contributed by atoms with Crippen molar-refractivity contribution in [2.24, 2.45) is 0 Å². The third kappa shape index (κ3) is 3.51. The molecular weight excluding hydrogens is 418 g/mol. The normalized spacial score (nSPS) is 12.5. The second-order valence-electron chi connectivity index (χ2n) is 6.92. The Hall–Kier alpha value is -3.77.